The second-order valence-corrected chi connectivity index (χ2v) is 35.3. The number of nitrogens with zero attached hydrogens (tertiary/aromatic N) is 27. The molecule has 734 valence electrons. The number of anilines is 12. The van der Waals surface area contributed by atoms with Gasteiger partial charge >= 0.3 is 6.09 Å². The molecule has 0 aliphatic carbocycles. The van der Waals surface area contributed by atoms with E-state index < -0.39 is 6.09 Å². The molecule has 1 aliphatic heterocycles. The van der Waals surface area contributed by atoms with Crippen molar-refractivity contribution in [2.45, 2.75) is 118 Å². The van der Waals surface area contributed by atoms with Gasteiger partial charge in [-0.25, -0.2) is 69.0 Å². The van der Waals surface area contributed by atoms with Crippen molar-refractivity contribution in [1.82, 2.24) is 133 Å². The average Bonchev–Trinajstić information content (AvgIpc) is 1.90. The van der Waals surface area contributed by atoms with Crippen LogP contribution >= 0.6 is 0 Å². The fourth-order valence-corrected chi connectivity index (χ4v) is 17.5. The number of fused-ring (bicyclic) bond motifs is 12. The molecular weight excluding hydrogens is 1860 g/mol. The Morgan fingerprint density at radius 2 is 0.752 bits per heavy atom. The van der Waals surface area contributed by atoms with Crippen LogP contribution in [0.1, 0.15) is 118 Å². The lowest BCUT2D eigenvalue weighted by molar-refractivity contribution is 0.0706. The number of nitrogens with two attached hydrogens (primary N) is 11. The molecular formula is C97H97N39O9. The maximum absolute atomic E-state index is 11.5. The third kappa shape index (κ3) is 17.7. The molecule has 145 heavy (non-hydrogen) atoms. The van der Waals surface area contributed by atoms with Crippen molar-refractivity contribution in [3.63, 3.8) is 0 Å². The number of amides is 1. The molecule has 18 aromatic heterocycles. The predicted molar refractivity (Wildman–Crippen MR) is 552 cm³/mol. The summed E-state index contributed by atoms with van der Waals surface area (Å²) >= 11 is 0. The van der Waals surface area contributed by atoms with Crippen LogP contribution in [-0.4, -0.2) is 160 Å². The van der Waals surface area contributed by atoms with Crippen molar-refractivity contribution < 1.29 is 40.9 Å². The Bertz CT molecular complexity index is 8650. The van der Waals surface area contributed by atoms with Gasteiger partial charge in [-0.3, -0.25) is 14.7 Å². The van der Waals surface area contributed by atoms with E-state index in [9.17, 15) is 4.79 Å². The molecule has 0 spiro atoms. The minimum Gasteiger partial charge on any atom is -0.453 e. The maximum atomic E-state index is 11.5. The van der Waals surface area contributed by atoms with Gasteiger partial charge in [0.25, 0.3) is 30.1 Å². The van der Waals surface area contributed by atoms with Crippen LogP contribution in [0.25, 0.3) is 200 Å². The van der Waals surface area contributed by atoms with E-state index in [0.717, 1.165) is 131 Å². The first kappa shape index (κ1) is 93.3. The van der Waals surface area contributed by atoms with Crippen molar-refractivity contribution in [2.24, 2.45) is 0 Å². The van der Waals surface area contributed by atoms with E-state index in [-0.39, 0.29) is 66.1 Å². The molecule has 1 aliphatic rings. The van der Waals surface area contributed by atoms with E-state index in [4.69, 9.17) is 99.5 Å². The zero-order valence-corrected chi connectivity index (χ0v) is 80.0. The topological polar surface area (TPSA) is 713 Å². The van der Waals surface area contributed by atoms with Crippen molar-refractivity contribution in [3.8, 4) is 67.3 Å². The average molecular weight is 1950 g/mol. The smallest absolute Gasteiger partial charge is 0.412 e. The number of oxazole rings is 5. The summed E-state index contributed by atoms with van der Waals surface area (Å²) in [7, 11) is 1.27. The lowest BCUT2D eigenvalue weighted by Crippen LogP contribution is -2.19. The quantitative estimate of drug-likeness (QED) is 0.0510. The Kier molecular flexibility index (Phi) is 24.3. The number of ether oxygens (including phenoxy) is 2. The summed E-state index contributed by atoms with van der Waals surface area (Å²) in [5.41, 5.74) is 86.8. The fraction of sp³-hybridized carbons (Fsp3) is 0.216. The molecule has 0 unspecified atom stereocenters. The highest BCUT2D eigenvalue weighted by molar-refractivity contribution is 6.08. The fourth-order valence-electron chi connectivity index (χ4n) is 17.5. The summed E-state index contributed by atoms with van der Waals surface area (Å²) in [6.07, 6.45) is 14.4. The summed E-state index contributed by atoms with van der Waals surface area (Å²) in [4.78, 5) is 79.0. The van der Waals surface area contributed by atoms with Crippen LogP contribution in [0.2, 0.25) is 0 Å². The number of methoxy groups -OCH3 is 1. The van der Waals surface area contributed by atoms with Gasteiger partial charge in [-0.15, -0.1) is 0 Å². The van der Waals surface area contributed by atoms with E-state index >= 15 is 0 Å². The van der Waals surface area contributed by atoms with Crippen molar-refractivity contribution in [1.29, 1.82) is 0 Å². The lowest BCUT2D eigenvalue weighted by Gasteiger charge is -2.24. The Balaban J connectivity index is 0.000000106. The van der Waals surface area contributed by atoms with Crippen molar-refractivity contribution in [2.75, 3.05) is 88.7 Å². The van der Waals surface area contributed by atoms with Gasteiger partial charge in [0.2, 0.25) is 0 Å². The third-order valence-corrected chi connectivity index (χ3v) is 24.2. The number of carbonyl (C=O) groups is 1. The molecule has 24 aromatic rings. The second kappa shape index (κ2) is 37.8. The molecule has 19 heterocycles. The first-order valence-corrected chi connectivity index (χ1v) is 45.8. The number of pyridine rings is 1. The molecule has 23 N–H and O–H groups in total. The van der Waals surface area contributed by atoms with Gasteiger partial charge in [-0.2, -0.15) is 45.3 Å². The Hall–Kier alpha value is -19.3. The van der Waals surface area contributed by atoms with Gasteiger partial charge in [-0.05, 0) is 196 Å². The molecule has 0 atom stereocenters. The number of benzene rings is 6. The van der Waals surface area contributed by atoms with E-state index in [0.29, 0.717) is 135 Å². The summed E-state index contributed by atoms with van der Waals surface area (Å²) in [5, 5.41) is 30.3. The van der Waals surface area contributed by atoms with Crippen LogP contribution in [0.3, 0.4) is 0 Å². The highest BCUT2D eigenvalue weighted by atomic mass is 16.5. The lowest BCUT2D eigenvalue weighted by atomic mass is 10.1. The van der Waals surface area contributed by atoms with Crippen LogP contribution in [0, 0.1) is 0 Å². The van der Waals surface area contributed by atoms with Gasteiger partial charge in [0.05, 0.1) is 56.0 Å². The second-order valence-electron chi connectivity index (χ2n) is 35.3. The Labute approximate surface area is 819 Å². The molecule has 0 bridgehead atoms. The zero-order chi connectivity index (χ0) is 101. The number of carbonyl (C=O) groups excluding carboxylic acids is 1. The number of rotatable bonds is 13. The highest BCUT2D eigenvalue weighted by Crippen LogP contribution is 2.44. The third-order valence-electron chi connectivity index (χ3n) is 24.2. The molecule has 25 rings (SSSR count). The van der Waals surface area contributed by atoms with Crippen LogP contribution in [-0.2, 0) is 9.47 Å². The monoisotopic (exact) mass is 1950 g/mol. The predicted octanol–water partition coefficient (Wildman–Crippen LogP) is 16.5. The van der Waals surface area contributed by atoms with Gasteiger partial charge in [0, 0.05) is 101 Å². The molecule has 48 heteroatoms. The summed E-state index contributed by atoms with van der Waals surface area (Å²) in [6, 6.07) is 37.7. The van der Waals surface area contributed by atoms with E-state index in [2.05, 4.69) is 153 Å². The molecule has 1 fully saturated rings. The van der Waals surface area contributed by atoms with Gasteiger partial charge in [-0.1, -0.05) is 17.3 Å². The van der Waals surface area contributed by atoms with Crippen molar-refractivity contribution >= 4 is 209 Å². The molecule has 0 radical (unpaired) electrons. The van der Waals surface area contributed by atoms with Crippen LogP contribution in [0.5, 0.6) is 0 Å². The van der Waals surface area contributed by atoms with Crippen molar-refractivity contribution in [3.05, 3.63) is 165 Å². The van der Waals surface area contributed by atoms with Crippen LogP contribution < -0.4 is 68.4 Å². The standard InChI is InChI=1S/C18H18N6O2.C17H17N7O3.2C16H16N6O.2C15H15N7O/c19-16-15-12(10-1-2-14-13(7-10)23-18(20)26-14)8-24(17(15)22-9-21-16)11-3-5-25-6-4-11;1-8(2)24-16-12(14(18)19-7-20-16)13(22-24)9-4-5-11-10(6-9)15(23-27-11)21-17(25)26-3;1-8(2)22-6-10(13-14(17)19-7-20-15(13)22)9-3-4-12-11(5-9)21-16(18)23-12;1-8(2)22-11-5-6-19-15(17)13(11)14(21-22)9-3-4-12-10(7-9)20-16(18)23-12;1-7(2)22-12(11-13(16)18-6-19-14(11)21-22)8-3-4-10-9(5-8)20-15(17)23-10;1-7(2)22-14-11(13(16)18-6-19-14)12(21-22)8-3-4-10-9(5-8)20-15(17)23-10/h1-2,7-9,11H,3-6H2,(H2,20,23)(H2,19,21,22);4-8H,1-3H3,(H2,18,19,20)(H,21,23,25);3-8H,1-2H3,(H2,18,21)(H2,17,19,20);3-8H,1-2H3,(H2,17,19)(H2,18,20);3-7H,1-2H3,(H2,17,20)(H2,16,18,19,21);3-7H,1-2H3,(H2,17,20)(H2,16,18,19). The van der Waals surface area contributed by atoms with E-state index in [1.165, 1.54) is 38.7 Å². The van der Waals surface area contributed by atoms with Gasteiger partial charge in [0.15, 0.2) is 56.3 Å². The first-order chi connectivity index (χ1) is 69.9. The van der Waals surface area contributed by atoms with Gasteiger partial charge in [0.1, 0.15) is 123 Å². The number of nitrogen functional groups attached to an aromatic ring is 11. The molecule has 6 aromatic carbocycles. The summed E-state index contributed by atoms with van der Waals surface area (Å²) < 4.78 is 53.8. The Morgan fingerprint density at radius 1 is 0.372 bits per heavy atom. The van der Waals surface area contributed by atoms with E-state index in [1.807, 2.05) is 171 Å². The molecule has 1 saturated heterocycles. The normalized spacial score (nSPS) is 12.4. The first-order valence-electron chi connectivity index (χ1n) is 45.8. The summed E-state index contributed by atoms with van der Waals surface area (Å²) in [5.74, 6) is 2.80. The summed E-state index contributed by atoms with van der Waals surface area (Å²) in [6.45, 7) is 22.1. The van der Waals surface area contributed by atoms with Gasteiger partial charge < -0.3 is 108 Å². The largest absolute Gasteiger partial charge is 0.453 e. The Morgan fingerprint density at radius 3 is 1.22 bits per heavy atom. The molecule has 1 amide bonds. The maximum Gasteiger partial charge on any atom is 0.412 e. The number of aromatic nitrogens is 27. The minimum atomic E-state index is -0.636. The number of hydrogen-bond acceptors (Lipinski definition) is 41. The highest BCUT2D eigenvalue weighted by Gasteiger charge is 2.29. The minimum absolute atomic E-state index is 0.0893. The molecule has 48 nitrogen and oxygen atoms in total. The van der Waals surface area contributed by atoms with E-state index in [1.54, 1.807) is 16.9 Å². The number of hydrogen-bond donors (Lipinski definition) is 12. The zero-order valence-electron chi connectivity index (χ0n) is 80.0. The SMILES string of the molecule is CC(C)n1cc(-c2ccc3oc(N)nc3c2)c2c(N)ncnc21.CC(C)n1nc(-c2ccc3oc(N)nc3c2)c2c(N)nccc21.CC(C)n1nc(-c2ccc3oc(N)nc3c2)c2c(N)ncnc21.CC(C)n1nc2ncnc(N)c2c1-c1ccc2oc(N)nc2c1.COC(=O)Nc1noc2ccc(-c3nn(C(C)C)c4ncnc(N)c34)cc12.Nc1nc2cc(-c3cn(C4CCOCC4)c4ncnc(N)c34)ccc2o1. The van der Waals surface area contributed by atoms with Crippen LogP contribution in [0.15, 0.2) is 192 Å². The molecule has 0 saturated carbocycles. The number of nitrogens with one attached hydrogen (secondary N) is 1. The van der Waals surface area contributed by atoms with Crippen LogP contribution in [0.4, 0.5) is 75.6 Å².